The van der Waals surface area contributed by atoms with E-state index < -0.39 is 0 Å². The summed E-state index contributed by atoms with van der Waals surface area (Å²) in [4.78, 5) is 9.46. The van der Waals surface area contributed by atoms with E-state index in [1.165, 1.54) is 37.9 Å². The second kappa shape index (κ2) is 11.3. The van der Waals surface area contributed by atoms with Crippen LogP contribution in [0.3, 0.4) is 0 Å². The van der Waals surface area contributed by atoms with Gasteiger partial charge in [-0.2, -0.15) is 5.10 Å². The molecule has 0 bridgehead atoms. The lowest BCUT2D eigenvalue weighted by Gasteiger charge is -1.95. The van der Waals surface area contributed by atoms with Crippen molar-refractivity contribution in [1.29, 1.82) is 0 Å². The molecule has 0 radical (unpaired) electrons. The topological polar surface area (TPSA) is 56.1 Å². The normalized spacial score (nSPS) is 18.9. The number of carbonyl (C=O) groups is 1. The Hall–Kier alpha value is -1.36. The van der Waals surface area contributed by atoms with Gasteiger partial charge in [-0.05, 0) is 51.6 Å². The Morgan fingerprint density at radius 2 is 2.38 bits per heavy atom. The van der Waals surface area contributed by atoms with E-state index in [0.717, 1.165) is 25.4 Å². The number of fused-ring (bicyclic) bond motifs is 1. The summed E-state index contributed by atoms with van der Waals surface area (Å²) in [5, 5.41) is 7.43. The first-order valence-corrected chi connectivity index (χ1v) is 8.07. The molecule has 21 heavy (non-hydrogen) atoms. The lowest BCUT2D eigenvalue weighted by atomic mass is 10.3. The summed E-state index contributed by atoms with van der Waals surface area (Å²) in [5.74, 6) is 0. The molecule has 1 saturated heterocycles. The van der Waals surface area contributed by atoms with E-state index in [-0.39, 0.29) is 0 Å². The van der Waals surface area contributed by atoms with Gasteiger partial charge in [0.1, 0.15) is 0 Å². The zero-order valence-corrected chi connectivity index (χ0v) is 13.4. The van der Waals surface area contributed by atoms with E-state index in [4.69, 9.17) is 0 Å². The maximum atomic E-state index is 9.46. The van der Waals surface area contributed by atoms with Crippen LogP contribution in [0.1, 0.15) is 51.6 Å². The van der Waals surface area contributed by atoms with Crippen LogP contribution in [-0.2, 0) is 22.5 Å². The Bertz CT molecular complexity index is 355. The van der Waals surface area contributed by atoms with Crippen molar-refractivity contribution >= 4 is 6.47 Å². The minimum atomic E-state index is 0.482. The van der Waals surface area contributed by atoms with Crippen LogP contribution in [-0.4, -0.2) is 35.4 Å². The number of hydrogen-bond donors (Lipinski definition) is 1. The number of hydrogen-bond acceptors (Lipinski definition) is 4. The molecule has 2 aliphatic heterocycles. The fourth-order valence-corrected chi connectivity index (χ4v) is 2.32. The van der Waals surface area contributed by atoms with Crippen LogP contribution in [0.5, 0.6) is 0 Å². The van der Waals surface area contributed by atoms with E-state index in [1.54, 1.807) is 0 Å². The minimum Gasteiger partial charge on any atom is -0.468 e. The number of unbranched alkanes of at least 4 members (excludes halogenated alkanes) is 1. The number of carbonyl (C=O) groups excluding carboxylic acids is 1. The summed E-state index contributed by atoms with van der Waals surface area (Å²) < 4.78 is 6.46. The molecular formula is C16H29N3O2. The van der Waals surface area contributed by atoms with Crippen LogP contribution in [0, 0.1) is 0 Å². The highest BCUT2D eigenvalue weighted by atomic mass is 16.5. The third kappa shape index (κ3) is 7.85. The maximum absolute atomic E-state index is 9.46. The summed E-state index contributed by atoms with van der Waals surface area (Å²) in [6.07, 6.45) is 9.17. The maximum Gasteiger partial charge on any atom is 0.293 e. The molecular weight excluding hydrogens is 266 g/mol. The average Bonchev–Trinajstić information content (AvgIpc) is 3.18. The Labute approximate surface area is 128 Å². The summed E-state index contributed by atoms with van der Waals surface area (Å²) in [6.45, 7) is 7.69. The van der Waals surface area contributed by atoms with Crippen LogP contribution < -0.4 is 5.32 Å². The minimum absolute atomic E-state index is 0.482. The predicted molar refractivity (Wildman–Crippen MR) is 84.2 cm³/mol. The van der Waals surface area contributed by atoms with Crippen LogP contribution in [0.15, 0.2) is 12.3 Å². The number of ether oxygens (including phenoxy) is 1. The number of aromatic nitrogens is 2. The lowest BCUT2D eigenvalue weighted by Crippen LogP contribution is -2.16. The van der Waals surface area contributed by atoms with Crippen molar-refractivity contribution in [3.8, 4) is 0 Å². The summed E-state index contributed by atoms with van der Waals surface area (Å²) in [5.41, 5.74) is 1.39. The number of nitrogens with zero attached hydrogens (tertiary/aromatic N) is 2. The van der Waals surface area contributed by atoms with Crippen molar-refractivity contribution in [2.45, 2.75) is 65.0 Å². The smallest absolute Gasteiger partial charge is 0.293 e. The van der Waals surface area contributed by atoms with E-state index in [2.05, 4.69) is 32.8 Å². The van der Waals surface area contributed by atoms with Crippen molar-refractivity contribution < 1.29 is 9.53 Å². The molecule has 0 spiro atoms. The molecule has 1 fully saturated rings. The van der Waals surface area contributed by atoms with Crippen LogP contribution in [0.2, 0.25) is 0 Å². The second-order valence-electron chi connectivity index (χ2n) is 5.47. The molecule has 120 valence electrons. The molecule has 5 nitrogen and oxygen atoms in total. The van der Waals surface area contributed by atoms with Gasteiger partial charge in [0.05, 0.1) is 6.61 Å². The van der Waals surface area contributed by atoms with Gasteiger partial charge in [0.15, 0.2) is 0 Å². The average molecular weight is 295 g/mol. The molecule has 0 amide bonds. The van der Waals surface area contributed by atoms with Crippen molar-refractivity contribution in [3.63, 3.8) is 0 Å². The molecule has 0 saturated carbocycles. The van der Waals surface area contributed by atoms with Gasteiger partial charge in [-0.15, -0.1) is 0 Å². The molecule has 1 aromatic rings. The SMILES string of the molecule is CC1CCCN1.CCCCOC=O.c1cc2n(n1)CCC2. The third-order valence-electron chi connectivity index (χ3n) is 3.60. The second-order valence-corrected chi connectivity index (χ2v) is 5.47. The predicted octanol–water partition coefficient (Wildman–Crippen LogP) is 2.55. The molecule has 1 N–H and O–H groups in total. The van der Waals surface area contributed by atoms with Gasteiger partial charge in [-0.1, -0.05) is 13.3 Å². The summed E-state index contributed by atoms with van der Waals surface area (Å²) in [7, 11) is 0. The van der Waals surface area contributed by atoms with E-state index >= 15 is 0 Å². The van der Waals surface area contributed by atoms with Gasteiger partial charge < -0.3 is 10.1 Å². The fraction of sp³-hybridized carbons (Fsp3) is 0.750. The van der Waals surface area contributed by atoms with Crippen LogP contribution >= 0.6 is 0 Å². The van der Waals surface area contributed by atoms with E-state index in [1.807, 2.05) is 13.1 Å². The molecule has 1 atom stereocenters. The standard InChI is InChI=1S/C6H8N2.C5H11N.C5H10O2/c1-2-6-3-4-7-8(6)5-1;1-5-3-2-4-6-5;1-2-3-4-7-5-6/h3-4H,1-2,5H2;5-6H,2-4H2,1H3;5H,2-4H2,1H3. The highest BCUT2D eigenvalue weighted by molar-refractivity contribution is 5.36. The zero-order valence-electron chi connectivity index (χ0n) is 13.4. The third-order valence-corrected chi connectivity index (χ3v) is 3.60. The summed E-state index contributed by atoms with van der Waals surface area (Å²) in [6, 6.07) is 2.89. The Morgan fingerprint density at radius 1 is 1.52 bits per heavy atom. The first-order valence-electron chi connectivity index (χ1n) is 8.07. The Morgan fingerprint density at radius 3 is 2.90 bits per heavy atom. The largest absolute Gasteiger partial charge is 0.468 e. The molecule has 2 aliphatic rings. The first-order chi connectivity index (χ1) is 10.3. The van der Waals surface area contributed by atoms with Crippen LogP contribution in [0.25, 0.3) is 0 Å². The van der Waals surface area contributed by atoms with Gasteiger partial charge in [0, 0.05) is 24.5 Å². The molecule has 3 rings (SSSR count). The molecule has 5 heteroatoms. The van der Waals surface area contributed by atoms with Gasteiger partial charge in [-0.3, -0.25) is 9.48 Å². The molecule has 3 heterocycles. The quantitative estimate of drug-likeness (QED) is 0.685. The molecule has 0 aromatic carbocycles. The van der Waals surface area contributed by atoms with Crippen molar-refractivity contribution in [2.75, 3.05) is 13.2 Å². The molecule has 1 aromatic heterocycles. The van der Waals surface area contributed by atoms with E-state index in [9.17, 15) is 4.79 Å². The highest BCUT2D eigenvalue weighted by Crippen LogP contribution is 2.10. The monoisotopic (exact) mass is 295 g/mol. The van der Waals surface area contributed by atoms with Crippen LogP contribution in [0.4, 0.5) is 0 Å². The number of nitrogens with one attached hydrogen (secondary N) is 1. The van der Waals surface area contributed by atoms with Gasteiger partial charge >= 0.3 is 0 Å². The zero-order chi connectivity index (χ0) is 15.3. The first kappa shape index (κ1) is 17.7. The number of rotatable bonds is 4. The Kier molecular flexibility index (Phi) is 9.53. The van der Waals surface area contributed by atoms with Gasteiger partial charge in [-0.25, -0.2) is 0 Å². The summed E-state index contributed by atoms with van der Waals surface area (Å²) >= 11 is 0. The van der Waals surface area contributed by atoms with Crippen molar-refractivity contribution in [3.05, 3.63) is 18.0 Å². The lowest BCUT2D eigenvalue weighted by molar-refractivity contribution is -0.128. The fourth-order valence-electron chi connectivity index (χ4n) is 2.32. The van der Waals surface area contributed by atoms with Gasteiger partial charge in [0.2, 0.25) is 0 Å². The Balaban J connectivity index is 0.000000160. The molecule has 1 unspecified atom stereocenters. The van der Waals surface area contributed by atoms with Crippen molar-refractivity contribution in [1.82, 2.24) is 15.1 Å². The van der Waals surface area contributed by atoms with Gasteiger partial charge in [0.25, 0.3) is 6.47 Å². The van der Waals surface area contributed by atoms with E-state index in [0.29, 0.717) is 13.1 Å². The molecule has 0 aliphatic carbocycles. The number of aryl methyl sites for hydroxylation is 2. The van der Waals surface area contributed by atoms with Crippen molar-refractivity contribution in [2.24, 2.45) is 0 Å². The highest BCUT2D eigenvalue weighted by Gasteiger charge is 2.07.